The average molecular weight is 670 g/mol. The molecule has 1 saturated carbocycles. The standard InChI is InChI=1S/C35H55N7O6/c1-9-13-24(28(43)33(47)38-21(5)11-3)39-32(46)27-23-15-12-14-22(23)19-42(27)34(48)29(35(6,7)8)41-31(45)26(20(4)10-2)40-30(44)25-18-36-16-17-37-25/h16-18,20-24,26-27,29H,9-15,19H2,1-8H3,(H,38,47)(H,39,46)(H,40,44)(H,41,45)/t20-,21-,22-,23-,24-,26-,27-,29+/m0/s1. The van der Waals surface area contributed by atoms with Crippen molar-refractivity contribution >= 4 is 35.3 Å². The number of Topliss-reactive ketones (excluding diaryl/α,β-unsaturated/α-hetero) is 1. The minimum atomic E-state index is -1.02. The van der Waals surface area contributed by atoms with Gasteiger partial charge in [-0.15, -0.1) is 0 Å². The van der Waals surface area contributed by atoms with E-state index in [4.69, 9.17) is 0 Å². The summed E-state index contributed by atoms with van der Waals surface area (Å²) in [4.78, 5) is 90.7. The molecule has 4 N–H and O–H groups in total. The van der Waals surface area contributed by atoms with Crippen molar-refractivity contribution in [2.75, 3.05) is 6.54 Å². The van der Waals surface area contributed by atoms with Gasteiger partial charge >= 0.3 is 0 Å². The number of carbonyl (C=O) groups is 6. The average Bonchev–Trinajstić information content (AvgIpc) is 3.66. The third-order valence-corrected chi connectivity index (χ3v) is 9.84. The lowest BCUT2D eigenvalue weighted by atomic mass is 9.84. The first-order valence-corrected chi connectivity index (χ1v) is 17.5. The summed E-state index contributed by atoms with van der Waals surface area (Å²) in [6.45, 7) is 15.2. The van der Waals surface area contributed by atoms with E-state index in [0.29, 0.717) is 25.8 Å². The normalized spacial score (nSPS) is 22.0. The molecule has 0 spiro atoms. The number of likely N-dealkylation sites (tertiary alicyclic amines) is 1. The third kappa shape index (κ3) is 9.37. The number of rotatable bonds is 15. The van der Waals surface area contributed by atoms with E-state index in [0.717, 1.165) is 19.3 Å². The summed E-state index contributed by atoms with van der Waals surface area (Å²) >= 11 is 0. The van der Waals surface area contributed by atoms with Gasteiger partial charge in [0.05, 0.1) is 12.2 Å². The molecule has 2 fully saturated rings. The molecule has 0 unspecified atom stereocenters. The largest absolute Gasteiger partial charge is 0.347 e. The first-order valence-electron chi connectivity index (χ1n) is 17.5. The Balaban J connectivity index is 1.86. The highest BCUT2D eigenvalue weighted by Gasteiger charge is 2.52. The van der Waals surface area contributed by atoms with Crippen LogP contribution < -0.4 is 21.3 Å². The number of fused-ring (bicyclic) bond motifs is 1. The van der Waals surface area contributed by atoms with Crippen molar-refractivity contribution in [2.45, 2.75) is 131 Å². The number of amides is 5. The number of nitrogens with zero attached hydrogens (tertiary/aromatic N) is 3. The predicted molar refractivity (Wildman–Crippen MR) is 180 cm³/mol. The van der Waals surface area contributed by atoms with Crippen LogP contribution in [0.4, 0.5) is 0 Å². The van der Waals surface area contributed by atoms with Gasteiger partial charge in [0.15, 0.2) is 0 Å². The van der Waals surface area contributed by atoms with Gasteiger partial charge in [-0.05, 0) is 55.8 Å². The number of ketones is 1. The second-order valence-electron chi connectivity index (χ2n) is 14.5. The van der Waals surface area contributed by atoms with Crippen LogP contribution in [0.2, 0.25) is 0 Å². The first kappa shape index (κ1) is 38.5. The molecule has 13 nitrogen and oxygen atoms in total. The van der Waals surface area contributed by atoms with Gasteiger partial charge in [0.1, 0.15) is 23.8 Å². The number of aromatic nitrogens is 2. The summed E-state index contributed by atoms with van der Waals surface area (Å²) in [6.07, 6.45) is 8.78. The Labute approximate surface area is 284 Å². The number of hydrogen-bond donors (Lipinski definition) is 4. The molecule has 13 heteroatoms. The summed E-state index contributed by atoms with van der Waals surface area (Å²) in [5, 5.41) is 11.2. The van der Waals surface area contributed by atoms with Gasteiger partial charge in [0.2, 0.25) is 23.5 Å². The Morgan fingerprint density at radius 2 is 1.65 bits per heavy atom. The molecule has 266 valence electrons. The molecule has 5 amide bonds. The topological polar surface area (TPSA) is 180 Å². The van der Waals surface area contributed by atoms with Crippen molar-refractivity contribution < 1.29 is 28.8 Å². The first-order chi connectivity index (χ1) is 22.6. The van der Waals surface area contributed by atoms with E-state index >= 15 is 0 Å². The fraction of sp³-hybridized carbons (Fsp3) is 0.714. The van der Waals surface area contributed by atoms with Crippen molar-refractivity contribution in [3.8, 4) is 0 Å². The molecule has 8 atom stereocenters. The Morgan fingerprint density at radius 1 is 0.938 bits per heavy atom. The Bertz CT molecular complexity index is 1320. The van der Waals surface area contributed by atoms with Crippen LogP contribution in [0, 0.1) is 23.2 Å². The second-order valence-corrected chi connectivity index (χ2v) is 14.5. The quantitative estimate of drug-likeness (QED) is 0.206. The highest BCUT2D eigenvalue weighted by Crippen LogP contribution is 2.43. The van der Waals surface area contributed by atoms with Gasteiger partial charge in [0.25, 0.3) is 11.8 Å². The maximum Gasteiger partial charge on any atom is 0.289 e. The van der Waals surface area contributed by atoms with Crippen LogP contribution >= 0.6 is 0 Å². The van der Waals surface area contributed by atoms with Crippen molar-refractivity contribution in [2.24, 2.45) is 23.2 Å². The van der Waals surface area contributed by atoms with Crippen molar-refractivity contribution in [1.82, 2.24) is 36.1 Å². The minimum Gasteiger partial charge on any atom is -0.347 e. The maximum atomic E-state index is 14.5. The van der Waals surface area contributed by atoms with Crippen LogP contribution in [0.5, 0.6) is 0 Å². The molecule has 2 heterocycles. The molecule has 0 aromatic carbocycles. The molecule has 48 heavy (non-hydrogen) atoms. The van der Waals surface area contributed by atoms with Gasteiger partial charge in [-0.2, -0.15) is 0 Å². The lowest BCUT2D eigenvalue weighted by Gasteiger charge is -2.37. The van der Waals surface area contributed by atoms with Gasteiger partial charge < -0.3 is 26.2 Å². The van der Waals surface area contributed by atoms with Crippen LogP contribution in [-0.4, -0.2) is 86.9 Å². The third-order valence-electron chi connectivity index (χ3n) is 9.84. The zero-order valence-corrected chi connectivity index (χ0v) is 29.8. The monoisotopic (exact) mass is 669 g/mol. The SMILES string of the molecule is CCC[C@H](NC(=O)[C@@H]1[C@H]2CCC[C@H]2CN1C(=O)[C@@H](NC(=O)[C@@H](NC(=O)c1cnccn1)[C@@H](C)CC)C(C)(C)C)C(=O)C(=O)N[C@@H](C)CC. The maximum absolute atomic E-state index is 14.5. The summed E-state index contributed by atoms with van der Waals surface area (Å²) in [7, 11) is 0. The highest BCUT2D eigenvalue weighted by molar-refractivity contribution is 6.38. The molecule has 1 saturated heterocycles. The number of carbonyl (C=O) groups excluding carboxylic acids is 6. The lowest BCUT2D eigenvalue weighted by molar-refractivity contribution is -0.146. The van der Waals surface area contributed by atoms with Crippen molar-refractivity contribution in [3.05, 3.63) is 24.3 Å². The van der Waals surface area contributed by atoms with Gasteiger partial charge in [-0.1, -0.05) is 67.7 Å². The smallest absolute Gasteiger partial charge is 0.289 e. The zero-order valence-electron chi connectivity index (χ0n) is 29.8. The van der Waals surface area contributed by atoms with E-state index in [2.05, 4.69) is 31.2 Å². The van der Waals surface area contributed by atoms with E-state index in [-0.39, 0.29) is 35.9 Å². The molecule has 1 aliphatic heterocycles. The highest BCUT2D eigenvalue weighted by atomic mass is 16.2. The Hall–Kier alpha value is -3.90. The van der Waals surface area contributed by atoms with Crippen LogP contribution in [0.3, 0.4) is 0 Å². The summed E-state index contributed by atoms with van der Waals surface area (Å²) in [5.41, 5.74) is -0.688. The van der Waals surface area contributed by atoms with E-state index in [9.17, 15) is 28.8 Å². The van der Waals surface area contributed by atoms with Crippen LogP contribution in [-0.2, 0) is 24.0 Å². The summed E-state index contributed by atoms with van der Waals surface area (Å²) in [6, 6.07) is -4.03. The van der Waals surface area contributed by atoms with Gasteiger partial charge in [0, 0.05) is 25.0 Å². The van der Waals surface area contributed by atoms with Crippen LogP contribution in [0.25, 0.3) is 0 Å². The number of hydrogen-bond acceptors (Lipinski definition) is 8. The van der Waals surface area contributed by atoms with Crippen molar-refractivity contribution in [3.63, 3.8) is 0 Å². The zero-order chi connectivity index (χ0) is 35.8. The molecule has 3 rings (SSSR count). The van der Waals surface area contributed by atoms with E-state index in [1.807, 2.05) is 55.4 Å². The molecule has 0 radical (unpaired) electrons. The predicted octanol–water partition coefficient (Wildman–Crippen LogP) is 2.55. The summed E-state index contributed by atoms with van der Waals surface area (Å²) < 4.78 is 0. The molecule has 2 aliphatic rings. The lowest BCUT2D eigenvalue weighted by Crippen LogP contribution is -2.62. The molecule has 1 aromatic heterocycles. The van der Waals surface area contributed by atoms with Crippen molar-refractivity contribution in [1.29, 1.82) is 0 Å². The fourth-order valence-corrected chi connectivity index (χ4v) is 6.62. The van der Waals surface area contributed by atoms with Gasteiger partial charge in [-0.25, -0.2) is 4.98 Å². The number of nitrogens with one attached hydrogen (secondary N) is 4. The Morgan fingerprint density at radius 3 is 2.23 bits per heavy atom. The summed E-state index contributed by atoms with van der Waals surface area (Å²) in [5.74, 6) is -3.64. The van der Waals surface area contributed by atoms with E-state index < -0.39 is 64.9 Å². The second kappa shape index (κ2) is 17.0. The van der Waals surface area contributed by atoms with E-state index in [1.54, 1.807) is 4.90 Å². The fourth-order valence-electron chi connectivity index (χ4n) is 6.62. The minimum absolute atomic E-state index is 0.0664. The Kier molecular flexibility index (Phi) is 13.6. The van der Waals surface area contributed by atoms with Crippen LogP contribution in [0.1, 0.15) is 111 Å². The molecule has 1 aromatic rings. The van der Waals surface area contributed by atoms with E-state index in [1.165, 1.54) is 18.6 Å². The molecule has 1 aliphatic carbocycles. The molecular formula is C35H55N7O6. The molecular weight excluding hydrogens is 614 g/mol. The van der Waals surface area contributed by atoms with Crippen LogP contribution in [0.15, 0.2) is 18.6 Å². The molecule has 0 bridgehead atoms. The van der Waals surface area contributed by atoms with Gasteiger partial charge in [-0.3, -0.25) is 33.8 Å².